The van der Waals surface area contributed by atoms with Crippen molar-refractivity contribution in [2.75, 3.05) is 0 Å². The molecule has 4 rings (SSSR count). The maximum Gasteiger partial charge on any atom is -0.0132 e. The lowest BCUT2D eigenvalue weighted by Gasteiger charge is -2.20. The van der Waals surface area contributed by atoms with Crippen LogP contribution in [0.2, 0.25) is 0 Å². The van der Waals surface area contributed by atoms with E-state index in [0.29, 0.717) is 5.92 Å². The van der Waals surface area contributed by atoms with Crippen LogP contribution < -0.4 is 0 Å². The Hall–Kier alpha value is -3.12. The highest BCUT2D eigenvalue weighted by atomic mass is 14.2. The van der Waals surface area contributed by atoms with E-state index in [9.17, 15) is 0 Å². The van der Waals surface area contributed by atoms with E-state index in [4.69, 9.17) is 0 Å². The predicted molar refractivity (Wildman–Crippen MR) is 154 cm³/mol. The maximum absolute atomic E-state index is 2.34. The fraction of sp³-hybridized carbons (Fsp3) is 0.314. The summed E-state index contributed by atoms with van der Waals surface area (Å²) in [6.45, 7) is 18.1. The summed E-state index contributed by atoms with van der Waals surface area (Å²) in [7, 11) is 0. The topological polar surface area (TPSA) is 0 Å². The Kier molecular flexibility index (Phi) is 6.78. The van der Waals surface area contributed by atoms with Crippen LogP contribution in [0.25, 0.3) is 33.4 Å². The lowest BCUT2D eigenvalue weighted by Crippen LogP contribution is -2.10. The largest absolute Gasteiger partial charge is 0.0587 e. The Balaban J connectivity index is 1.82. The van der Waals surface area contributed by atoms with Gasteiger partial charge in [-0.2, -0.15) is 0 Å². The SMILES string of the molecule is CC(C)c1ccc(-c2cc(-c3ccc(C(C)(C)C)cc3)cc(-c3ccc(C(C)(C)C)cc3)c2)cc1. The predicted octanol–water partition coefficient (Wildman–Crippen LogP) is 10.4. The summed E-state index contributed by atoms with van der Waals surface area (Å²) in [5.41, 5.74) is 11.9. The van der Waals surface area contributed by atoms with E-state index in [0.717, 1.165) is 0 Å². The summed E-state index contributed by atoms with van der Waals surface area (Å²) in [4.78, 5) is 0. The number of rotatable bonds is 4. The molecule has 0 bridgehead atoms. The molecule has 0 aliphatic rings. The normalized spacial score (nSPS) is 12.3. The molecule has 0 atom stereocenters. The van der Waals surface area contributed by atoms with E-state index < -0.39 is 0 Å². The second-order valence-corrected chi connectivity index (χ2v) is 12.2. The lowest BCUT2D eigenvalue weighted by atomic mass is 9.85. The van der Waals surface area contributed by atoms with Crippen molar-refractivity contribution in [2.45, 2.75) is 72.1 Å². The average Bonchev–Trinajstić information content (AvgIpc) is 2.83. The van der Waals surface area contributed by atoms with Gasteiger partial charge in [-0.1, -0.05) is 128 Å². The van der Waals surface area contributed by atoms with Crippen molar-refractivity contribution in [3.8, 4) is 33.4 Å². The van der Waals surface area contributed by atoms with Crippen LogP contribution in [0.3, 0.4) is 0 Å². The maximum atomic E-state index is 2.34. The Morgan fingerprint density at radius 3 is 0.943 bits per heavy atom. The van der Waals surface area contributed by atoms with Crippen molar-refractivity contribution in [1.29, 1.82) is 0 Å². The van der Waals surface area contributed by atoms with Gasteiger partial charge < -0.3 is 0 Å². The van der Waals surface area contributed by atoms with Gasteiger partial charge in [-0.3, -0.25) is 0 Å². The first-order valence-corrected chi connectivity index (χ1v) is 12.9. The molecular weight excluding hydrogens is 420 g/mol. The summed E-state index contributed by atoms with van der Waals surface area (Å²) in [6.07, 6.45) is 0. The minimum atomic E-state index is 0.151. The first kappa shape index (κ1) is 25.0. The van der Waals surface area contributed by atoms with Gasteiger partial charge in [0.15, 0.2) is 0 Å². The van der Waals surface area contributed by atoms with Gasteiger partial charge in [-0.05, 0) is 85.0 Å². The van der Waals surface area contributed by atoms with Gasteiger partial charge in [0.05, 0.1) is 0 Å². The monoisotopic (exact) mass is 460 g/mol. The van der Waals surface area contributed by atoms with Crippen LogP contribution in [-0.4, -0.2) is 0 Å². The third-order valence-corrected chi connectivity index (χ3v) is 7.01. The highest BCUT2D eigenvalue weighted by Crippen LogP contribution is 2.35. The Bertz CT molecular complexity index is 1200. The van der Waals surface area contributed by atoms with Gasteiger partial charge >= 0.3 is 0 Å². The van der Waals surface area contributed by atoms with E-state index in [2.05, 4.69) is 146 Å². The standard InChI is InChI=1S/C35H40/c1-24(2)25-9-11-26(12-10-25)29-21-30(27-13-17-32(18-14-27)34(3,4)5)23-31(22-29)28-15-19-33(20-16-28)35(6,7)8/h9-24H,1-8H3. The molecule has 0 heteroatoms. The molecule has 0 fully saturated rings. The molecule has 0 spiro atoms. The van der Waals surface area contributed by atoms with Crippen molar-refractivity contribution in [2.24, 2.45) is 0 Å². The van der Waals surface area contributed by atoms with E-state index in [1.165, 1.54) is 50.1 Å². The summed E-state index contributed by atoms with van der Waals surface area (Å²) < 4.78 is 0. The molecule has 0 saturated heterocycles. The molecule has 0 aliphatic heterocycles. The fourth-order valence-electron chi connectivity index (χ4n) is 4.51. The molecule has 0 amide bonds. The van der Waals surface area contributed by atoms with Crippen LogP contribution in [0.5, 0.6) is 0 Å². The molecule has 0 nitrogen and oxygen atoms in total. The summed E-state index contributed by atoms with van der Waals surface area (Å²) >= 11 is 0. The molecule has 4 aromatic carbocycles. The van der Waals surface area contributed by atoms with Crippen molar-refractivity contribution >= 4 is 0 Å². The summed E-state index contributed by atoms with van der Waals surface area (Å²) in [5, 5.41) is 0. The molecule has 0 aromatic heterocycles. The van der Waals surface area contributed by atoms with E-state index in [1.807, 2.05) is 0 Å². The zero-order valence-electron chi connectivity index (χ0n) is 22.7. The Morgan fingerprint density at radius 1 is 0.400 bits per heavy atom. The highest BCUT2D eigenvalue weighted by molar-refractivity contribution is 5.81. The molecule has 0 aliphatic carbocycles. The molecular formula is C35H40. The molecule has 0 unspecified atom stereocenters. The van der Waals surface area contributed by atoms with Gasteiger partial charge in [0.2, 0.25) is 0 Å². The van der Waals surface area contributed by atoms with Gasteiger partial charge in [0.25, 0.3) is 0 Å². The minimum absolute atomic E-state index is 0.151. The molecule has 0 N–H and O–H groups in total. The molecule has 0 radical (unpaired) electrons. The minimum Gasteiger partial charge on any atom is -0.0587 e. The highest BCUT2D eigenvalue weighted by Gasteiger charge is 2.15. The Labute approximate surface area is 213 Å². The van der Waals surface area contributed by atoms with E-state index in [-0.39, 0.29) is 10.8 Å². The van der Waals surface area contributed by atoms with Gasteiger partial charge in [0, 0.05) is 0 Å². The first-order valence-electron chi connectivity index (χ1n) is 12.9. The van der Waals surface area contributed by atoms with Crippen LogP contribution >= 0.6 is 0 Å². The first-order chi connectivity index (χ1) is 16.4. The second kappa shape index (κ2) is 9.50. The second-order valence-electron chi connectivity index (χ2n) is 12.2. The zero-order chi connectivity index (χ0) is 25.4. The number of hydrogen-bond donors (Lipinski definition) is 0. The van der Waals surface area contributed by atoms with Crippen molar-refractivity contribution in [1.82, 2.24) is 0 Å². The quantitative estimate of drug-likeness (QED) is 0.284. The lowest BCUT2D eigenvalue weighted by molar-refractivity contribution is 0.590. The third kappa shape index (κ3) is 5.76. The zero-order valence-corrected chi connectivity index (χ0v) is 22.7. The number of hydrogen-bond acceptors (Lipinski definition) is 0. The third-order valence-electron chi connectivity index (χ3n) is 7.01. The van der Waals surface area contributed by atoms with Gasteiger partial charge in [-0.15, -0.1) is 0 Å². The average molecular weight is 461 g/mol. The van der Waals surface area contributed by atoms with Crippen LogP contribution in [0.15, 0.2) is 91.0 Å². The van der Waals surface area contributed by atoms with Crippen LogP contribution in [0.1, 0.15) is 78.0 Å². The fourth-order valence-corrected chi connectivity index (χ4v) is 4.51. The van der Waals surface area contributed by atoms with Crippen LogP contribution in [0.4, 0.5) is 0 Å². The molecule has 35 heavy (non-hydrogen) atoms. The summed E-state index contributed by atoms with van der Waals surface area (Å²) in [5.74, 6) is 0.536. The van der Waals surface area contributed by atoms with Gasteiger partial charge in [-0.25, -0.2) is 0 Å². The van der Waals surface area contributed by atoms with Crippen molar-refractivity contribution < 1.29 is 0 Å². The van der Waals surface area contributed by atoms with Gasteiger partial charge in [0.1, 0.15) is 0 Å². The van der Waals surface area contributed by atoms with E-state index in [1.54, 1.807) is 0 Å². The van der Waals surface area contributed by atoms with Crippen LogP contribution in [-0.2, 0) is 10.8 Å². The molecule has 180 valence electrons. The molecule has 0 saturated carbocycles. The van der Waals surface area contributed by atoms with Crippen molar-refractivity contribution in [3.05, 3.63) is 108 Å². The van der Waals surface area contributed by atoms with E-state index >= 15 is 0 Å². The van der Waals surface area contributed by atoms with Crippen LogP contribution in [0, 0.1) is 0 Å². The number of benzene rings is 4. The molecule has 0 heterocycles. The molecule has 4 aromatic rings. The summed E-state index contributed by atoms with van der Waals surface area (Å²) in [6, 6.07) is 34.3. The Morgan fingerprint density at radius 2 is 0.686 bits per heavy atom. The van der Waals surface area contributed by atoms with Crippen molar-refractivity contribution in [3.63, 3.8) is 0 Å². The smallest absolute Gasteiger partial charge is 0.0132 e.